The van der Waals surface area contributed by atoms with Crippen molar-refractivity contribution in [1.29, 1.82) is 0 Å². The summed E-state index contributed by atoms with van der Waals surface area (Å²) in [5, 5.41) is 9.90. The Morgan fingerprint density at radius 1 is 1.30 bits per heavy atom. The van der Waals surface area contributed by atoms with E-state index in [0.717, 1.165) is 10.6 Å². The van der Waals surface area contributed by atoms with E-state index < -0.39 is 5.97 Å². The molecule has 1 heterocycles. The van der Waals surface area contributed by atoms with Gasteiger partial charge in [0.25, 0.3) is 0 Å². The molecule has 6 heteroatoms. The van der Waals surface area contributed by atoms with Crippen molar-refractivity contribution < 1.29 is 9.90 Å². The third kappa shape index (κ3) is 2.94. The average Bonchev–Trinajstić information content (AvgIpc) is 2.72. The van der Waals surface area contributed by atoms with E-state index in [1.807, 2.05) is 38.1 Å². The summed E-state index contributed by atoms with van der Waals surface area (Å²) in [5.74, 6) is -0.922. The van der Waals surface area contributed by atoms with E-state index in [0.29, 0.717) is 16.3 Å². The van der Waals surface area contributed by atoms with Crippen LogP contribution in [0.15, 0.2) is 24.3 Å². The van der Waals surface area contributed by atoms with Crippen molar-refractivity contribution >= 4 is 35.4 Å². The molecule has 1 aromatic heterocycles. The molecule has 0 aliphatic rings. The number of anilines is 1. The maximum atomic E-state index is 11.1. The molecular formula is C14H17ClN2O2S. The Balaban J connectivity index is 0.00000200. The number of aryl methyl sites for hydroxylation is 1. The van der Waals surface area contributed by atoms with Crippen molar-refractivity contribution in [3.8, 4) is 0 Å². The number of rotatable bonds is 3. The quantitative estimate of drug-likeness (QED) is 0.851. The molecule has 3 N–H and O–H groups in total. The lowest BCUT2D eigenvalue weighted by Gasteiger charge is -2.22. The standard InChI is InChI=1S/C14H16N2O2S.ClH/c1-8-11(12(17)18)19-13(16-8)14(2,3)9-4-6-10(15)7-5-9;/h4-7H,15H2,1-3H3,(H,17,18);1H. The molecule has 1 aromatic carbocycles. The third-order valence-electron chi connectivity index (χ3n) is 3.16. The molecule has 20 heavy (non-hydrogen) atoms. The molecule has 0 atom stereocenters. The molecule has 0 radical (unpaired) electrons. The lowest BCUT2D eigenvalue weighted by molar-refractivity contribution is 0.0701. The van der Waals surface area contributed by atoms with Gasteiger partial charge in [-0.05, 0) is 38.5 Å². The first-order chi connectivity index (χ1) is 8.82. The van der Waals surface area contributed by atoms with Gasteiger partial charge in [-0.25, -0.2) is 9.78 Å². The Morgan fingerprint density at radius 3 is 2.30 bits per heavy atom. The van der Waals surface area contributed by atoms with Crippen molar-refractivity contribution in [2.75, 3.05) is 5.73 Å². The molecule has 4 nitrogen and oxygen atoms in total. The van der Waals surface area contributed by atoms with Gasteiger partial charge in [-0.15, -0.1) is 23.7 Å². The first kappa shape index (κ1) is 16.5. The second-order valence-electron chi connectivity index (χ2n) is 4.99. The Kier molecular flexibility index (Phi) is 4.78. The van der Waals surface area contributed by atoms with Crippen LogP contribution in [0.25, 0.3) is 0 Å². The van der Waals surface area contributed by atoms with Crippen LogP contribution in [0.2, 0.25) is 0 Å². The largest absolute Gasteiger partial charge is 0.477 e. The van der Waals surface area contributed by atoms with Crippen LogP contribution in [-0.4, -0.2) is 16.1 Å². The van der Waals surface area contributed by atoms with Crippen LogP contribution < -0.4 is 5.73 Å². The summed E-state index contributed by atoms with van der Waals surface area (Å²) in [4.78, 5) is 15.8. The van der Waals surface area contributed by atoms with Gasteiger partial charge in [0.15, 0.2) is 0 Å². The number of carbonyl (C=O) groups is 1. The van der Waals surface area contributed by atoms with Gasteiger partial charge in [-0.2, -0.15) is 0 Å². The highest BCUT2D eigenvalue weighted by molar-refractivity contribution is 7.13. The molecule has 0 bridgehead atoms. The smallest absolute Gasteiger partial charge is 0.347 e. The molecule has 0 spiro atoms. The Bertz CT molecular complexity index is 621. The molecular weight excluding hydrogens is 296 g/mol. The number of benzene rings is 1. The van der Waals surface area contributed by atoms with Crippen LogP contribution in [0.5, 0.6) is 0 Å². The van der Waals surface area contributed by atoms with Gasteiger partial charge in [0.2, 0.25) is 0 Å². The number of aromatic nitrogens is 1. The number of nitrogens with zero attached hydrogens (tertiary/aromatic N) is 1. The second kappa shape index (κ2) is 5.81. The van der Waals surface area contributed by atoms with Gasteiger partial charge < -0.3 is 10.8 Å². The summed E-state index contributed by atoms with van der Waals surface area (Å²) >= 11 is 1.23. The minimum atomic E-state index is -0.922. The normalized spacial score (nSPS) is 10.9. The first-order valence-corrected chi connectivity index (χ1v) is 6.71. The summed E-state index contributed by atoms with van der Waals surface area (Å²) < 4.78 is 0. The van der Waals surface area contributed by atoms with E-state index in [-0.39, 0.29) is 17.8 Å². The van der Waals surface area contributed by atoms with Crippen molar-refractivity contribution in [2.24, 2.45) is 0 Å². The molecule has 2 aromatic rings. The number of halogens is 1. The zero-order chi connectivity index (χ0) is 14.2. The van der Waals surface area contributed by atoms with Gasteiger partial charge >= 0.3 is 5.97 Å². The molecule has 0 saturated heterocycles. The predicted octanol–water partition coefficient (Wildman–Crippen LogP) is 3.48. The Hall–Kier alpha value is -1.59. The van der Waals surface area contributed by atoms with Gasteiger partial charge in [0.1, 0.15) is 9.88 Å². The van der Waals surface area contributed by atoms with Crippen LogP contribution >= 0.6 is 23.7 Å². The maximum Gasteiger partial charge on any atom is 0.347 e. The van der Waals surface area contributed by atoms with Crippen LogP contribution in [0, 0.1) is 6.92 Å². The lowest BCUT2D eigenvalue weighted by Crippen LogP contribution is -2.18. The van der Waals surface area contributed by atoms with E-state index in [4.69, 9.17) is 10.8 Å². The monoisotopic (exact) mass is 312 g/mol. The van der Waals surface area contributed by atoms with Gasteiger partial charge in [-0.1, -0.05) is 12.1 Å². The number of aromatic carboxylic acids is 1. The highest BCUT2D eigenvalue weighted by Gasteiger charge is 2.29. The minimum absolute atomic E-state index is 0. The zero-order valence-electron chi connectivity index (χ0n) is 11.5. The Morgan fingerprint density at radius 2 is 1.85 bits per heavy atom. The number of hydrogen-bond donors (Lipinski definition) is 2. The highest BCUT2D eigenvalue weighted by atomic mass is 35.5. The van der Waals surface area contributed by atoms with Gasteiger partial charge in [0, 0.05) is 11.1 Å². The molecule has 0 aliphatic carbocycles. The van der Waals surface area contributed by atoms with E-state index in [9.17, 15) is 4.79 Å². The summed E-state index contributed by atoms with van der Waals surface area (Å²) in [5.41, 5.74) is 7.69. The first-order valence-electron chi connectivity index (χ1n) is 5.89. The Labute approximate surface area is 128 Å². The van der Waals surface area contributed by atoms with Gasteiger partial charge in [-0.3, -0.25) is 0 Å². The lowest BCUT2D eigenvalue weighted by atomic mass is 9.85. The number of nitrogen functional groups attached to an aromatic ring is 1. The third-order valence-corrected chi connectivity index (χ3v) is 4.63. The summed E-state index contributed by atoms with van der Waals surface area (Å²) in [7, 11) is 0. The van der Waals surface area contributed by atoms with Crippen LogP contribution in [-0.2, 0) is 5.41 Å². The van der Waals surface area contributed by atoms with E-state index in [1.54, 1.807) is 6.92 Å². The number of thiazole rings is 1. The highest BCUT2D eigenvalue weighted by Crippen LogP contribution is 2.35. The topological polar surface area (TPSA) is 76.2 Å². The predicted molar refractivity (Wildman–Crippen MR) is 84.0 cm³/mol. The molecule has 0 fully saturated rings. The number of carboxylic acid groups (broad SMARTS) is 1. The summed E-state index contributed by atoms with van der Waals surface area (Å²) in [6, 6.07) is 7.59. The van der Waals surface area contributed by atoms with Crippen LogP contribution in [0.1, 0.15) is 39.8 Å². The summed E-state index contributed by atoms with van der Waals surface area (Å²) in [6.45, 7) is 5.79. The maximum absolute atomic E-state index is 11.1. The van der Waals surface area contributed by atoms with Gasteiger partial charge in [0.05, 0.1) is 5.69 Å². The molecule has 108 valence electrons. The molecule has 0 unspecified atom stereocenters. The SMILES string of the molecule is Cc1nc(C(C)(C)c2ccc(N)cc2)sc1C(=O)O.Cl. The van der Waals surface area contributed by atoms with E-state index >= 15 is 0 Å². The van der Waals surface area contributed by atoms with Crippen molar-refractivity contribution in [2.45, 2.75) is 26.2 Å². The zero-order valence-corrected chi connectivity index (χ0v) is 13.1. The molecule has 2 rings (SSSR count). The number of carboxylic acids is 1. The fourth-order valence-electron chi connectivity index (χ4n) is 1.89. The average molecular weight is 313 g/mol. The number of nitrogens with two attached hydrogens (primary N) is 1. The minimum Gasteiger partial charge on any atom is -0.477 e. The molecule has 0 amide bonds. The van der Waals surface area contributed by atoms with Crippen molar-refractivity contribution in [3.05, 3.63) is 45.4 Å². The fraction of sp³-hybridized carbons (Fsp3) is 0.286. The number of hydrogen-bond acceptors (Lipinski definition) is 4. The van der Waals surface area contributed by atoms with E-state index in [2.05, 4.69) is 4.98 Å². The van der Waals surface area contributed by atoms with Crippen LogP contribution in [0.4, 0.5) is 5.69 Å². The molecule has 0 saturated carbocycles. The van der Waals surface area contributed by atoms with Crippen LogP contribution in [0.3, 0.4) is 0 Å². The fourth-order valence-corrected chi connectivity index (χ4v) is 2.92. The molecule has 0 aliphatic heterocycles. The second-order valence-corrected chi connectivity index (χ2v) is 5.98. The van der Waals surface area contributed by atoms with Crippen molar-refractivity contribution in [1.82, 2.24) is 4.98 Å². The van der Waals surface area contributed by atoms with E-state index in [1.165, 1.54) is 11.3 Å². The van der Waals surface area contributed by atoms with Crippen molar-refractivity contribution in [3.63, 3.8) is 0 Å². The summed E-state index contributed by atoms with van der Waals surface area (Å²) in [6.07, 6.45) is 0.